The fourth-order valence-electron chi connectivity index (χ4n) is 1.60. The van der Waals surface area contributed by atoms with Crippen molar-refractivity contribution in [1.29, 1.82) is 0 Å². The lowest BCUT2D eigenvalue weighted by molar-refractivity contribution is -0.148. The first-order valence-electron chi connectivity index (χ1n) is 5.75. The number of ether oxygens (including phenoxy) is 2. The van der Waals surface area contributed by atoms with Crippen LogP contribution in [-0.2, 0) is 14.3 Å². The van der Waals surface area contributed by atoms with Gasteiger partial charge in [0, 0.05) is 6.07 Å². The lowest BCUT2D eigenvalue weighted by atomic mass is 10.1. The van der Waals surface area contributed by atoms with E-state index < -0.39 is 23.6 Å². The third kappa shape index (κ3) is 3.67. The molecule has 104 valence electrons. The Morgan fingerprint density at radius 3 is 2.58 bits per heavy atom. The number of hydrogen-bond donors (Lipinski definition) is 1. The van der Waals surface area contributed by atoms with Crippen molar-refractivity contribution in [2.45, 2.75) is 13.3 Å². The molecular weight excluding hydrogens is 253 g/mol. The summed E-state index contributed by atoms with van der Waals surface area (Å²) < 4.78 is 22.7. The topological polar surface area (TPSA) is 64.6 Å². The molecule has 1 unspecified atom stereocenters. The SMILES string of the molecule is CCC(C(=O)Nc1cc(F)ccc1OC)C(=O)OC. The molecule has 0 saturated carbocycles. The Kier molecular flexibility index (Phi) is 5.29. The molecule has 5 nitrogen and oxygen atoms in total. The van der Waals surface area contributed by atoms with Gasteiger partial charge in [-0.15, -0.1) is 0 Å². The van der Waals surface area contributed by atoms with E-state index in [9.17, 15) is 14.0 Å². The molecule has 1 aromatic rings. The minimum atomic E-state index is -0.932. The summed E-state index contributed by atoms with van der Waals surface area (Å²) in [5.41, 5.74) is 0.176. The standard InChI is InChI=1S/C13H16FNO4/c1-4-9(13(17)19-3)12(16)15-10-7-8(14)5-6-11(10)18-2/h5-7,9H,4H2,1-3H3,(H,15,16). The third-order valence-corrected chi connectivity index (χ3v) is 2.63. The number of nitrogens with one attached hydrogen (secondary N) is 1. The lowest BCUT2D eigenvalue weighted by Crippen LogP contribution is -2.30. The number of carbonyl (C=O) groups excluding carboxylic acids is 2. The summed E-state index contributed by atoms with van der Waals surface area (Å²) in [6.45, 7) is 1.68. The van der Waals surface area contributed by atoms with E-state index in [0.29, 0.717) is 5.75 Å². The lowest BCUT2D eigenvalue weighted by Gasteiger charge is -2.14. The number of amides is 1. The maximum atomic E-state index is 13.1. The van der Waals surface area contributed by atoms with Crippen LogP contribution < -0.4 is 10.1 Å². The molecule has 0 aliphatic heterocycles. The van der Waals surface area contributed by atoms with Gasteiger partial charge in [-0.25, -0.2) is 4.39 Å². The molecule has 0 bridgehead atoms. The van der Waals surface area contributed by atoms with Crippen LogP contribution in [0.2, 0.25) is 0 Å². The quantitative estimate of drug-likeness (QED) is 0.655. The predicted octanol–water partition coefficient (Wildman–Crippen LogP) is 1.97. The molecular formula is C13H16FNO4. The Morgan fingerprint density at radius 2 is 2.05 bits per heavy atom. The summed E-state index contributed by atoms with van der Waals surface area (Å²) in [7, 11) is 2.61. The summed E-state index contributed by atoms with van der Waals surface area (Å²) >= 11 is 0. The van der Waals surface area contributed by atoms with Gasteiger partial charge in [0.05, 0.1) is 19.9 Å². The van der Waals surface area contributed by atoms with Gasteiger partial charge in [-0.2, -0.15) is 0 Å². The first-order chi connectivity index (χ1) is 9.03. The molecule has 6 heteroatoms. The van der Waals surface area contributed by atoms with E-state index in [1.165, 1.54) is 26.4 Å². The number of esters is 1. The van der Waals surface area contributed by atoms with Crippen molar-refractivity contribution >= 4 is 17.6 Å². The summed E-state index contributed by atoms with van der Waals surface area (Å²) in [5, 5.41) is 2.46. The van der Waals surface area contributed by atoms with Gasteiger partial charge in [-0.3, -0.25) is 9.59 Å². The van der Waals surface area contributed by atoms with Gasteiger partial charge >= 0.3 is 5.97 Å². The summed E-state index contributed by atoms with van der Waals surface area (Å²) in [5.74, 6) is -2.32. The van der Waals surface area contributed by atoms with Gasteiger partial charge in [0.2, 0.25) is 5.91 Å². The second kappa shape index (κ2) is 6.72. The maximum Gasteiger partial charge on any atom is 0.318 e. The van der Waals surface area contributed by atoms with Crippen molar-refractivity contribution in [3.8, 4) is 5.75 Å². The number of halogens is 1. The van der Waals surface area contributed by atoms with Crippen molar-refractivity contribution < 1.29 is 23.5 Å². The second-order valence-corrected chi connectivity index (χ2v) is 3.82. The number of carbonyl (C=O) groups is 2. The zero-order chi connectivity index (χ0) is 14.4. The second-order valence-electron chi connectivity index (χ2n) is 3.82. The van der Waals surface area contributed by atoms with E-state index in [2.05, 4.69) is 10.1 Å². The molecule has 0 radical (unpaired) electrons. The van der Waals surface area contributed by atoms with Gasteiger partial charge in [-0.05, 0) is 18.6 Å². The average Bonchev–Trinajstić information content (AvgIpc) is 2.39. The molecule has 1 atom stereocenters. The average molecular weight is 269 g/mol. The van der Waals surface area contributed by atoms with Crippen LogP contribution in [0, 0.1) is 11.7 Å². The number of hydrogen-bond acceptors (Lipinski definition) is 4. The first kappa shape index (κ1) is 14.9. The molecule has 19 heavy (non-hydrogen) atoms. The molecule has 0 spiro atoms. The van der Waals surface area contributed by atoms with Crippen LogP contribution in [0.15, 0.2) is 18.2 Å². The van der Waals surface area contributed by atoms with E-state index in [1.54, 1.807) is 6.92 Å². The van der Waals surface area contributed by atoms with Crippen LogP contribution in [-0.4, -0.2) is 26.1 Å². The molecule has 1 amide bonds. The highest BCUT2D eigenvalue weighted by Gasteiger charge is 2.26. The minimum Gasteiger partial charge on any atom is -0.495 e. The molecule has 0 aliphatic carbocycles. The Morgan fingerprint density at radius 1 is 1.37 bits per heavy atom. The molecule has 0 aliphatic rings. The summed E-state index contributed by atoms with van der Waals surface area (Å²) in [4.78, 5) is 23.3. The van der Waals surface area contributed by atoms with Crippen LogP contribution in [0.25, 0.3) is 0 Å². The van der Waals surface area contributed by atoms with E-state index >= 15 is 0 Å². The van der Waals surface area contributed by atoms with Gasteiger partial charge in [-0.1, -0.05) is 6.92 Å². The van der Waals surface area contributed by atoms with E-state index in [0.717, 1.165) is 6.07 Å². The summed E-state index contributed by atoms with van der Waals surface area (Å²) in [6, 6.07) is 3.73. The molecule has 0 heterocycles. The zero-order valence-electron chi connectivity index (χ0n) is 11.0. The predicted molar refractivity (Wildman–Crippen MR) is 67.4 cm³/mol. The summed E-state index contributed by atoms with van der Waals surface area (Å²) in [6.07, 6.45) is 0.288. The van der Waals surface area contributed by atoms with Crippen molar-refractivity contribution in [2.75, 3.05) is 19.5 Å². The highest BCUT2D eigenvalue weighted by molar-refractivity contribution is 6.05. The first-order valence-corrected chi connectivity index (χ1v) is 5.75. The van der Waals surface area contributed by atoms with Gasteiger partial charge < -0.3 is 14.8 Å². The smallest absolute Gasteiger partial charge is 0.318 e. The number of benzene rings is 1. The fraction of sp³-hybridized carbons (Fsp3) is 0.385. The monoisotopic (exact) mass is 269 g/mol. The van der Waals surface area contributed by atoms with Crippen molar-refractivity contribution in [1.82, 2.24) is 0 Å². The van der Waals surface area contributed by atoms with Crippen molar-refractivity contribution in [2.24, 2.45) is 5.92 Å². The molecule has 1 rings (SSSR count). The van der Waals surface area contributed by atoms with E-state index in [-0.39, 0.29) is 12.1 Å². The highest BCUT2D eigenvalue weighted by atomic mass is 19.1. The maximum absolute atomic E-state index is 13.1. The molecule has 1 aromatic carbocycles. The van der Waals surface area contributed by atoms with Gasteiger partial charge in [0.25, 0.3) is 0 Å². The zero-order valence-corrected chi connectivity index (χ0v) is 11.0. The van der Waals surface area contributed by atoms with E-state index in [1.807, 2.05) is 0 Å². The highest BCUT2D eigenvalue weighted by Crippen LogP contribution is 2.25. The van der Waals surface area contributed by atoms with Gasteiger partial charge in [0.1, 0.15) is 17.5 Å². The normalized spacial score (nSPS) is 11.6. The molecule has 0 saturated heterocycles. The number of anilines is 1. The van der Waals surface area contributed by atoms with Crippen LogP contribution in [0.5, 0.6) is 5.75 Å². The van der Waals surface area contributed by atoms with Crippen LogP contribution in [0.3, 0.4) is 0 Å². The Bertz CT molecular complexity index is 476. The van der Waals surface area contributed by atoms with E-state index in [4.69, 9.17) is 4.74 Å². The number of rotatable bonds is 5. The van der Waals surface area contributed by atoms with Crippen molar-refractivity contribution in [3.05, 3.63) is 24.0 Å². The Balaban J connectivity index is 2.92. The van der Waals surface area contributed by atoms with Gasteiger partial charge in [0.15, 0.2) is 0 Å². The largest absolute Gasteiger partial charge is 0.495 e. The number of methoxy groups -OCH3 is 2. The van der Waals surface area contributed by atoms with Crippen molar-refractivity contribution in [3.63, 3.8) is 0 Å². The Labute approximate surface area is 110 Å². The van der Waals surface area contributed by atoms with Crippen LogP contribution >= 0.6 is 0 Å². The van der Waals surface area contributed by atoms with Crippen LogP contribution in [0.4, 0.5) is 10.1 Å². The third-order valence-electron chi connectivity index (χ3n) is 2.63. The Hall–Kier alpha value is -2.11. The molecule has 0 fully saturated rings. The minimum absolute atomic E-state index is 0.176. The molecule has 0 aromatic heterocycles. The fourth-order valence-corrected chi connectivity index (χ4v) is 1.60. The molecule has 1 N–H and O–H groups in total. The van der Waals surface area contributed by atoms with Crippen LogP contribution in [0.1, 0.15) is 13.3 Å².